The van der Waals surface area contributed by atoms with E-state index in [2.05, 4.69) is 13.8 Å². The normalized spacial score (nSPS) is 45.8. The van der Waals surface area contributed by atoms with Crippen molar-refractivity contribution in [1.82, 2.24) is 0 Å². The fourth-order valence-corrected chi connectivity index (χ4v) is 6.44. The van der Waals surface area contributed by atoms with E-state index in [1.54, 1.807) is 0 Å². The van der Waals surface area contributed by atoms with E-state index >= 15 is 0 Å². The van der Waals surface area contributed by atoms with Crippen LogP contribution in [0.15, 0.2) is 0 Å². The van der Waals surface area contributed by atoms with E-state index in [1.165, 1.54) is 12.8 Å². The van der Waals surface area contributed by atoms with Crippen LogP contribution in [0.5, 0.6) is 0 Å². The van der Waals surface area contributed by atoms with Gasteiger partial charge in [0.05, 0.1) is 10.8 Å². The van der Waals surface area contributed by atoms with E-state index in [0.29, 0.717) is 11.7 Å². The monoisotopic (exact) mass is 330 g/mol. The first kappa shape index (κ1) is 16.1. The number of halogens is 2. The summed E-state index contributed by atoms with van der Waals surface area (Å²) in [6, 6.07) is 0. The second-order valence-corrected chi connectivity index (χ2v) is 9.31. The third-order valence-electron chi connectivity index (χ3n) is 6.85. The third kappa shape index (κ3) is 2.06. The first-order chi connectivity index (χ1) is 9.89. The summed E-state index contributed by atoms with van der Waals surface area (Å²) in [4.78, 5) is 13.1. The highest BCUT2D eigenvalue weighted by molar-refractivity contribution is 6.55. The van der Waals surface area contributed by atoms with Crippen LogP contribution >= 0.6 is 23.2 Å². The summed E-state index contributed by atoms with van der Waals surface area (Å²) in [5, 5.41) is 0. The fourth-order valence-electron chi connectivity index (χ4n) is 5.34. The van der Waals surface area contributed by atoms with Gasteiger partial charge in [-0.25, -0.2) is 0 Å². The molecule has 3 aliphatic rings. The predicted molar refractivity (Wildman–Crippen MR) is 88.8 cm³/mol. The Bertz CT molecular complexity index is 413. The molecule has 0 saturated heterocycles. The van der Waals surface area contributed by atoms with Crippen molar-refractivity contribution < 1.29 is 4.79 Å². The Hall–Kier alpha value is 0.250. The van der Waals surface area contributed by atoms with Gasteiger partial charge in [-0.1, -0.05) is 49.9 Å². The van der Waals surface area contributed by atoms with Crippen LogP contribution in [0, 0.1) is 22.7 Å². The molecule has 120 valence electrons. The Morgan fingerprint density at radius 1 is 1.00 bits per heavy atom. The minimum absolute atomic E-state index is 0.416. The molecular weight excluding hydrogens is 303 g/mol. The SMILES string of the molecule is CCCC1CCC2(CC1)C(=O)C1(CCC(C)CC1)C2(Cl)Cl. The van der Waals surface area contributed by atoms with Crippen molar-refractivity contribution in [2.24, 2.45) is 22.7 Å². The molecule has 0 aromatic rings. The van der Waals surface area contributed by atoms with Crippen LogP contribution in [0.2, 0.25) is 0 Å². The van der Waals surface area contributed by atoms with Gasteiger partial charge in [-0.2, -0.15) is 0 Å². The summed E-state index contributed by atoms with van der Waals surface area (Å²) < 4.78 is -0.811. The molecule has 1 nitrogen and oxygen atoms in total. The maximum Gasteiger partial charge on any atom is 0.151 e. The van der Waals surface area contributed by atoms with Gasteiger partial charge >= 0.3 is 0 Å². The molecule has 0 N–H and O–H groups in total. The molecule has 0 unspecified atom stereocenters. The lowest BCUT2D eigenvalue weighted by Crippen LogP contribution is -2.74. The first-order valence-corrected chi connectivity index (χ1v) is 9.58. The summed E-state index contributed by atoms with van der Waals surface area (Å²) in [7, 11) is 0. The lowest BCUT2D eigenvalue weighted by molar-refractivity contribution is -0.172. The highest BCUT2D eigenvalue weighted by atomic mass is 35.5. The zero-order chi connectivity index (χ0) is 15.3. The number of rotatable bonds is 2. The van der Waals surface area contributed by atoms with E-state index in [-0.39, 0.29) is 0 Å². The zero-order valence-electron chi connectivity index (χ0n) is 13.4. The van der Waals surface area contributed by atoms with Crippen LogP contribution in [0.4, 0.5) is 0 Å². The van der Waals surface area contributed by atoms with E-state index in [1.807, 2.05) is 0 Å². The first-order valence-electron chi connectivity index (χ1n) is 8.82. The van der Waals surface area contributed by atoms with Crippen LogP contribution < -0.4 is 0 Å². The van der Waals surface area contributed by atoms with E-state index in [4.69, 9.17) is 23.2 Å². The quantitative estimate of drug-likeness (QED) is 0.574. The lowest BCUT2D eigenvalue weighted by Gasteiger charge is -2.67. The van der Waals surface area contributed by atoms with Crippen LogP contribution in [0.25, 0.3) is 0 Å². The number of Topliss-reactive ketones (excluding diaryl/α,β-unsaturated/α-hetero) is 1. The molecule has 3 heteroatoms. The summed E-state index contributed by atoms with van der Waals surface area (Å²) >= 11 is 13.8. The Morgan fingerprint density at radius 2 is 1.48 bits per heavy atom. The van der Waals surface area contributed by atoms with E-state index in [9.17, 15) is 4.79 Å². The van der Waals surface area contributed by atoms with Gasteiger partial charge in [0.25, 0.3) is 0 Å². The molecule has 0 amide bonds. The highest BCUT2D eigenvalue weighted by Crippen LogP contribution is 2.74. The maximum atomic E-state index is 13.1. The smallest absolute Gasteiger partial charge is 0.151 e. The van der Waals surface area contributed by atoms with Gasteiger partial charge in [0, 0.05) is 0 Å². The van der Waals surface area contributed by atoms with Crippen molar-refractivity contribution in [1.29, 1.82) is 0 Å². The number of hydrogen-bond acceptors (Lipinski definition) is 1. The third-order valence-corrected chi connectivity index (χ3v) is 8.30. The molecular formula is C18H28Cl2O. The standard InChI is InChI=1S/C18H28Cl2O/c1-3-4-14-7-11-17(12-8-14)15(21)16(18(17,19)20)9-5-13(2)6-10-16/h13-14H,3-12H2,1-2H3. The molecule has 0 aromatic carbocycles. The van der Waals surface area contributed by atoms with Crippen molar-refractivity contribution in [2.75, 3.05) is 0 Å². The average Bonchev–Trinajstić information content (AvgIpc) is 2.48. The molecule has 0 heterocycles. The van der Waals surface area contributed by atoms with Gasteiger partial charge in [0.1, 0.15) is 4.33 Å². The fraction of sp³-hybridized carbons (Fsp3) is 0.944. The second-order valence-electron chi connectivity index (χ2n) is 7.98. The second kappa shape index (κ2) is 5.41. The molecule has 2 spiro atoms. The highest BCUT2D eigenvalue weighted by Gasteiger charge is 2.78. The Labute approximate surface area is 139 Å². The molecule has 0 aromatic heterocycles. The molecule has 3 aliphatic carbocycles. The Kier molecular flexibility index (Phi) is 4.15. The van der Waals surface area contributed by atoms with Gasteiger partial charge in [-0.05, 0) is 63.2 Å². The average molecular weight is 331 g/mol. The Balaban J connectivity index is 1.76. The number of ketones is 1. The number of alkyl halides is 2. The summed E-state index contributed by atoms with van der Waals surface area (Å²) in [5.74, 6) is 1.91. The number of carbonyl (C=O) groups excluding carboxylic acids is 1. The van der Waals surface area contributed by atoms with Gasteiger partial charge in [-0.3, -0.25) is 4.79 Å². The topological polar surface area (TPSA) is 17.1 Å². The molecule has 3 saturated carbocycles. The van der Waals surface area contributed by atoms with Gasteiger partial charge in [0.15, 0.2) is 5.78 Å². The molecule has 21 heavy (non-hydrogen) atoms. The van der Waals surface area contributed by atoms with Crippen molar-refractivity contribution in [3.63, 3.8) is 0 Å². The van der Waals surface area contributed by atoms with E-state index < -0.39 is 15.2 Å². The minimum atomic E-state index is -0.811. The van der Waals surface area contributed by atoms with Crippen molar-refractivity contribution in [2.45, 2.75) is 82.4 Å². The van der Waals surface area contributed by atoms with Crippen LogP contribution in [-0.2, 0) is 4.79 Å². The maximum absolute atomic E-state index is 13.1. The minimum Gasteiger partial charge on any atom is -0.298 e. The summed E-state index contributed by atoms with van der Waals surface area (Å²) in [6.07, 6.45) is 10.6. The molecule has 3 fully saturated rings. The summed E-state index contributed by atoms with van der Waals surface area (Å²) in [5.41, 5.74) is -0.832. The van der Waals surface area contributed by atoms with Crippen molar-refractivity contribution in [3.8, 4) is 0 Å². The molecule has 0 radical (unpaired) electrons. The molecule has 3 rings (SSSR count). The largest absolute Gasteiger partial charge is 0.298 e. The zero-order valence-corrected chi connectivity index (χ0v) is 14.9. The van der Waals surface area contributed by atoms with E-state index in [0.717, 1.165) is 57.3 Å². The molecule has 0 atom stereocenters. The number of hydrogen-bond donors (Lipinski definition) is 0. The van der Waals surface area contributed by atoms with Gasteiger partial charge in [0.2, 0.25) is 0 Å². The number of carbonyl (C=O) groups is 1. The molecule has 0 aliphatic heterocycles. The molecule has 0 bridgehead atoms. The van der Waals surface area contributed by atoms with Crippen LogP contribution in [-0.4, -0.2) is 10.1 Å². The lowest BCUT2D eigenvalue weighted by atomic mass is 9.42. The van der Waals surface area contributed by atoms with Crippen molar-refractivity contribution >= 4 is 29.0 Å². The van der Waals surface area contributed by atoms with Crippen LogP contribution in [0.3, 0.4) is 0 Å². The van der Waals surface area contributed by atoms with Gasteiger partial charge < -0.3 is 0 Å². The van der Waals surface area contributed by atoms with Crippen LogP contribution in [0.1, 0.15) is 78.1 Å². The predicted octanol–water partition coefficient (Wildman–Crippen LogP) is 5.92. The summed E-state index contributed by atoms with van der Waals surface area (Å²) in [6.45, 7) is 4.51. The van der Waals surface area contributed by atoms with Gasteiger partial charge in [-0.15, -0.1) is 0 Å². The Morgan fingerprint density at radius 3 is 1.90 bits per heavy atom. The van der Waals surface area contributed by atoms with Crippen molar-refractivity contribution in [3.05, 3.63) is 0 Å².